The van der Waals surface area contributed by atoms with E-state index in [0.717, 1.165) is 17.7 Å². The van der Waals surface area contributed by atoms with Crippen LogP contribution in [0.2, 0.25) is 0 Å². The molecule has 5 heteroatoms. The van der Waals surface area contributed by atoms with E-state index >= 15 is 0 Å². The van der Waals surface area contributed by atoms with Crippen molar-refractivity contribution in [3.63, 3.8) is 0 Å². The first-order chi connectivity index (χ1) is 9.15. The van der Waals surface area contributed by atoms with E-state index in [1.54, 1.807) is 6.07 Å². The average molecular weight is 260 g/mol. The number of carboxylic acids is 1. The molecule has 1 unspecified atom stereocenters. The fraction of sp³-hybridized carbons (Fsp3) is 0.214. The number of hydrogen-bond donors (Lipinski definition) is 2. The Morgan fingerprint density at radius 1 is 1.26 bits per heavy atom. The first-order valence-electron chi connectivity index (χ1n) is 5.92. The molecule has 0 amide bonds. The van der Waals surface area contributed by atoms with E-state index < -0.39 is 12.1 Å². The van der Waals surface area contributed by atoms with Crippen LogP contribution in [0, 0.1) is 0 Å². The molecule has 0 spiro atoms. The van der Waals surface area contributed by atoms with Crippen LogP contribution in [0.4, 0.5) is 0 Å². The summed E-state index contributed by atoms with van der Waals surface area (Å²) in [6.07, 6.45) is -0.159. The number of aliphatic hydroxyl groups excluding tert-OH is 1. The lowest BCUT2D eigenvalue weighted by Crippen LogP contribution is -1.99. The monoisotopic (exact) mass is 260 g/mol. The van der Waals surface area contributed by atoms with E-state index in [1.807, 2.05) is 12.1 Å². The Hall–Kier alpha value is -2.27. The van der Waals surface area contributed by atoms with Gasteiger partial charge >= 0.3 is 5.97 Å². The summed E-state index contributed by atoms with van der Waals surface area (Å²) >= 11 is 0. The number of carbonyl (C=O) groups is 1. The van der Waals surface area contributed by atoms with Gasteiger partial charge in [0, 0.05) is 6.42 Å². The van der Waals surface area contributed by atoms with E-state index in [0.29, 0.717) is 12.2 Å². The van der Waals surface area contributed by atoms with Gasteiger partial charge in [-0.3, -0.25) is 0 Å². The number of rotatable bonds is 3. The quantitative estimate of drug-likeness (QED) is 0.882. The number of ether oxygens (including phenoxy) is 1. The van der Waals surface area contributed by atoms with Gasteiger partial charge in [-0.1, -0.05) is 6.07 Å². The molecule has 3 rings (SSSR count). The Morgan fingerprint density at radius 2 is 2.11 bits per heavy atom. The van der Waals surface area contributed by atoms with Gasteiger partial charge in [0.25, 0.3) is 0 Å². The van der Waals surface area contributed by atoms with Crippen LogP contribution < -0.4 is 4.74 Å². The molecular formula is C14H12O5. The van der Waals surface area contributed by atoms with Crippen LogP contribution in [0.15, 0.2) is 34.7 Å². The van der Waals surface area contributed by atoms with Gasteiger partial charge in [-0.25, -0.2) is 4.79 Å². The number of hydrogen-bond acceptors (Lipinski definition) is 4. The molecule has 2 N–H and O–H groups in total. The molecule has 0 saturated carbocycles. The third-order valence-corrected chi connectivity index (χ3v) is 3.14. The van der Waals surface area contributed by atoms with Crippen molar-refractivity contribution in [1.82, 2.24) is 0 Å². The molecule has 0 bridgehead atoms. The first-order valence-corrected chi connectivity index (χ1v) is 5.92. The van der Waals surface area contributed by atoms with Crippen molar-refractivity contribution in [2.45, 2.75) is 12.5 Å². The zero-order chi connectivity index (χ0) is 13.4. The standard InChI is InChI=1S/C14H12O5/c15-13(11-3-4-12(19-11)14(16)17)9-1-2-10-8(7-9)5-6-18-10/h1-4,7,13,15H,5-6H2,(H,16,17). The predicted octanol–water partition coefficient (Wildman–Crippen LogP) is 1.99. The summed E-state index contributed by atoms with van der Waals surface area (Å²) in [5.74, 6) is -0.280. The molecule has 2 aromatic rings. The van der Waals surface area contributed by atoms with Crippen molar-refractivity contribution >= 4 is 5.97 Å². The van der Waals surface area contributed by atoms with Crippen molar-refractivity contribution in [3.8, 4) is 5.75 Å². The number of fused-ring (bicyclic) bond motifs is 1. The van der Waals surface area contributed by atoms with E-state index in [2.05, 4.69) is 0 Å². The second kappa shape index (κ2) is 4.44. The van der Waals surface area contributed by atoms with Crippen molar-refractivity contribution in [3.05, 3.63) is 53.0 Å². The van der Waals surface area contributed by atoms with Gasteiger partial charge in [0.15, 0.2) is 0 Å². The lowest BCUT2D eigenvalue weighted by Gasteiger charge is -2.09. The minimum absolute atomic E-state index is 0.182. The number of benzene rings is 1. The topological polar surface area (TPSA) is 79.9 Å². The van der Waals surface area contributed by atoms with Crippen LogP contribution in [0.1, 0.15) is 33.5 Å². The number of aliphatic hydroxyl groups is 1. The molecule has 5 nitrogen and oxygen atoms in total. The summed E-state index contributed by atoms with van der Waals surface area (Å²) in [7, 11) is 0. The van der Waals surface area contributed by atoms with Crippen molar-refractivity contribution in [2.24, 2.45) is 0 Å². The smallest absolute Gasteiger partial charge is 0.371 e. The van der Waals surface area contributed by atoms with E-state index in [4.69, 9.17) is 14.3 Å². The Kier molecular flexibility index (Phi) is 2.76. The maximum absolute atomic E-state index is 10.7. The van der Waals surface area contributed by atoms with Gasteiger partial charge in [0.1, 0.15) is 17.6 Å². The third kappa shape index (κ3) is 2.08. The SMILES string of the molecule is O=C(O)c1ccc(C(O)c2ccc3c(c2)CCO3)o1. The maximum atomic E-state index is 10.7. The lowest BCUT2D eigenvalue weighted by molar-refractivity contribution is 0.0655. The van der Waals surface area contributed by atoms with Crippen molar-refractivity contribution in [1.29, 1.82) is 0 Å². The molecule has 1 atom stereocenters. The van der Waals surface area contributed by atoms with Gasteiger partial charge in [-0.05, 0) is 35.4 Å². The molecule has 19 heavy (non-hydrogen) atoms. The van der Waals surface area contributed by atoms with Crippen LogP contribution in [-0.2, 0) is 6.42 Å². The molecule has 1 aromatic heterocycles. The van der Waals surface area contributed by atoms with Gasteiger partial charge in [0.05, 0.1) is 6.61 Å². The molecule has 0 radical (unpaired) electrons. The fourth-order valence-electron chi connectivity index (χ4n) is 2.16. The van der Waals surface area contributed by atoms with Crippen molar-refractivity contribution in [2.75, 3.05) is 6.61 Å². The molecule has 1 aromatic carbocycles. The molecule has 1 aliphatic heterocycles. The highest BCUT2D eigenvalue weighted by molar-refractivity contribution is 5.84. The van der Waals surface area contributed by atoms with Crippen LogP contribution in [0.5, 0.6) is 5.75 Å². The second-order valence-electron chi connectivity index (χ2n) is 4.38. The fourth-order valence-corrected chi connectivity index (χ4v) is 2.16. The summed E-state index contributed by atoms with van der Waals surface area (Å²) in [6, 6.07) is 8.21. The highest BCUT2D eigenvalue weighted by Crippen LogP contribution is 2.31. The Balaban J connectivity index is 1.90. The zero-order valence-electron chi connectivity index (χ0n) is 10.00. The third-order valence-electron chi connectivity index (χ3n) is 3.14. The first kappa shape index (κ1) is 11.8. The normalized spacial score (nSPS) is 14.8. The Bertz CT molecular complexity index is 629. The molecule has 98 valence electrons. The van der Waals surface area contributed by atoms with Gasteiger partial charge in [0.2, 0.25) is 5.76 Å². The highest BCUT2D eigenvalue weighted by atomic mass is 16.5. The molecule has 2 heterocycles. The van der Waals surface area contributed by atoms with Gasteiger partial charge < -0.3 is 19.4 Å². The Labute approximate surface area is 109 Å². The summed E-state index contributed by atoms with van der Waals surface area (Å²) < 4.78 is 10.5. The lowest BCUT2D eigenvalue weighted by atomic mass is 10.0. The van der Waals surface area contributed by atoms with E-state index in [-0.39, 0.29) is 11.5 Å². The summed E-state index contributed by atoms with van der Waals surface area (Å²) in [4.78, 5) is 10.7. The number of aromatic carboxylic acids is 1. The van der Waals surface area contributed by atoms with E-state index in [1.165, 1.54) is 12.1 Å². The van der Waals surface area contributed by atoms with Crippen LogP contribution in [0.3, 0.4) is 0 Å². The minimum Gasteiger partial charge on any atom is -0.493 e. The average Bonchev–Trinajstić information content (AvgIpc) is 3.06. The largest absolute Gasteiger partial charge is 0.493 e. The van der Waals surface area contributed by atoms with E-state index in [9.17, 15) is 9.90 Å². The molecule has 0 aliphatic carbocycles. The predicted molar refractivity (Wildman–Crippen MR) is 65.4 cm³/mol. The van der Waals surface area contributed by atoms with Gasteiger partial charge in [-0.15, -0.1) is 0 Å². The maximum Gasteiger partial charge on any atom is 0.371 e. The molecular weight excluding hydrogens is 248 g/mol. The van der Waals surface area contributed by atoms with Crippen LogP contribution in [0.25, 0.3) is 0 Å². The van der Waals surface area contributed by atoms with Crippen molar-refractivity contribution < 1.29 is 24.2 Å². The second-order valence-corrected chi connectivity index (χ2v) is 4.38. The zero-order valence-corrected chi connectivity index (χ0v) is 10.00. The van der Waals surface area contributed by atoms with Crippen LogP contribution in [-0.4, -0.2) is 22.8 Å². The highest BCUT2D eigenvalue weighted by Gasteiger charge is 2.20. The molecule has 1 aliphatic rings. The summed E-state index contributed by atoms with van der Waals surface area (Å²) in [5.41, 5.74) is 1.71. The number of furan rings is 1. The minimum atomic E-state index is -1.15. The Morgan fingerprint density at radius 3 is 2.84 bits per heavy atom. The number of carboxylic acid groups (broad SMARTS) is 1. The van der Waals surface area contributed by atoms with Crippen LogP contribution >= 0.6 is 0 Å². The summed E-state index contributed by atoms with van der Waals surface area (Å²) in [5, 5.41) is 19.0. The molecule has 0 fully saturated rings. The van der Waals surface area contributed by atoms with Gasteiger partial charge in [-0.2, -0.15) is 0 Å². The molecule has 0 saturated heterocycles. The summed E-state index contributed by atoms with van der Waals surface area (Å²) in [6.45, 7) is 0.652.